The minimum Gasteiger partial charge on any atom is -0.394 e. The van der Waals surface area contributed by atoms with Gasteiger partial charge >= 0.3 is 0 Å². The molecule has 6 nitrogen and oxygen atoms in total. The fraction of sp³-hybridized carbons (Fsp3) is 0.444. The van der Waals surface area contributed by atoms with Crippen molar-refractivity contribution in [2.45, 2.75) is 39.3 Å². The van der Waals surface area contributed by atoms with E-state index in [0.717, 1.165) is 24.1 Å². The van der Waals surface area contributed by atoms with Crippen LogP contribution in [0.25, 0.3) is 11.3 Å². The van der Waals surface area contributed by atoms with Crippen LogP contribution >= 0.6 is 0 Å². The summed E-state index contributed by atoms with van der Waals surface area (Å²) >= 11 is 0. The molecule has 130 valence electrons. The van der Waals surface area contributed by atoms with Crippen molar-refractivity contribution in [1.29, 1.82) is 0 Å². The number of nitrogens with zero attached hydrogens (tertiary/aromatic N) is 2. The second-order valence-electron chi connectivity index (χ2n) is 5.68. The molecule has 2 aromatic rings. The number of methoxy groups -OCH3 is 1. The highest BCUT2D eigenvalue weighted by Crippen LogP contribution is 2.23. The normalized spacial score (nSPS) is 12.2. The summed E-state index contributed by atoms with van der Waals surface area (Å²) in [5.41, 5.74) is 3.02. The van der Waals surface area contributed by atoms with E-state index in [9.17, 15) is 9.90 Å². The number of nitrogens with one attached hydrogen (secondary N) is 1. The summed E-state index contributed by atoms with van der Waals surface area (Å²) in [5, 5.41) is 16.5. The highest BCUT2D eigenvalue weighted by molar-refractivity contribution is 5.93. The minimum absolute atomic E-state index is 0.0563. The molecule has 24 heavy (non-hydrogen) atoms. The number of carbonyl (C=O) groups is 1. The van der Waals surface area contributed by atoms with E-state index < -0.39 is 6.10 Å². The van der Waals surface area contributed by atoms with Crippen molar-refractivity contribution in [3.63, 3.8) is 0 Å². The largest absolute Gasteiger partial charge is 0.394 e. The average molecular weight is 331 g/mol. The SMILES string of the molecule is CCCc1ccc(-c2cc(NC(=O)C(C)OC)n(CCO)n2)cc1. The molecule has 6 heteroatoms. The number of amides is 1. The first-order valence-electron chi connectivity index (χ1n) is 8.20. The average Bonchev–Trinajstić information content (AvgIpc) is 2.98. The molecule has 1 amide bonds. The zero-order valence-corrected chi connectivity index (χ0v) is 14.5. The van der Waals surface area contributed by atoms with Gasteiger partial charge in [-0.3, -0.25) is 4.79 Å². The molecule has 0 bridgehead atoms. The molecule has 0 aliphatic heterocycles. The predicted molar refractivity (Wildman–Crippen MR) is 93.8 cm³/mol. The van der Waals surface area contributed by atoms with Crippen LogP contribution in [0.1, 0.15) is 25.8 Å². The maximum Gasteiger partial charge on any atom is 0.254 e. The topological polar surface area (TPSA) is 76.4 Å². The Morgan fingerprint density at radius 1 is 1.38 bits per heavy atom. The summed E-state index contributed by atoms with van der Waals surface area (Å²) in [6, 6.07) is 10.1. The molecular formula is C18H25N3O3. The van der Waals surface area contributed by atoms with E-state index in [4.69, 9.17) is 4.74 Å². The van der Waals surface area contributed by atoms with E-state index in [2.05, 4.69) is 29.5 Å². The van der Waals surface area contributed by atoms with Crippen LogP contribution in [-0.2, 0) is 22.5 Å². The van der Waals surface area contributed by atoms with Crippen molar-refractivity contribution in [1.82, 2.24) is 9.78 Å². The van der Waals surface area contributed by atoms with Gasteiger partial charge in [0.05, 0.1) is 18.8 Å². The van der Waals surface area contributed by atoms with Gasteiger partial charge in [0.2, 0.25) is 0 Å². The van der Waals surface area contributed by atoms with Gasteiger partial charge in [-0.25, -0.2) is 4.68 Å². The third-order valence-corrected chi connectivity index (χ3v) is 3.85. The molecule has 0 fully saturated rings. The number of hydrogen-bond acceptors (Lipinski definition) is 4. The summed E-state index contributed by atoms with van der Waals surface area (Å²) in [7, 11) is 1.48. The van der Waals surface area contributed by atoms with E-state index in [-0.39, 0.29) is 12.5 Å². The summed E-state index contributed by atoms with van der Waals surface area (Å²) in [6.07, 6.45) is 1.60. The van der Waals surface area contributed by atoms with Crippen LogP contribution in [0.15, 0.2) is 30.3 Å². The Morgan fingerprint density at radius 2 is 2.08 bits per heavy atom. The zero-order valence-electron chi connectivity index (χ0n) is 14.5. The molecule has 0 radical (unpaired) electrons. The van der Waals surface area contributed by atoms with Crippen molar-refractivity contribution in [3.05, 3.63) is 35.9 Å². The van der Waals surface area contributed by atoms with Crippen molar-refractivity contribution < 1.29 is 14.6 Å². The van der Waals surface area contributed by atoms with Crippen molar-refractivity contribution >= 4 is 11.7 Å². The van der Waals surface area contributed by atoms with Gasteiger partial charge in [-0.05, 0) is 18.9 Å². The Morgan fingerprint density at radius 3 is 2.67 bits per heavy atom. The lowest BCUT2D eigenvalue weighted by Gasteiger charge is -2.11. The van der Waals surface area contributed by atoms with Gasteiger partial charge in [-0.1, -0.05) is 37.6 Å². The summed E-state index contributed by atoms with van der Waals surface area (Å²) < 4.78 is 6.61. The number of aliphatic hydroxyl groups excluding tert-OH is 1. The second kappa shape index (κ2) is 8.61. The van der Waals surface area contributed by atoms with E-state index in [1.54, 1.807) is 11.6 Å². The number of carbonyl (C=O) groups excluding carboxylic acids is 1. The zero-order chi connectivity index (χ0) is 17.5. The Balaban J connectivity index is 2.24. The van der Waals surface area contributed by atoms with Crippen molar-refractivity contribution in [3.8, 4) is 11.3 Å². The lowest BCUT2D eigenvalue weighted by Crippen LogP contribution is -2.28. The number of rotatable bonds is 8. The standard InChI is InChI=1S/C18H25N3O3/c1-4-5-14-6-8-15(9-7-14)16-12-17(21(20-16)10-11-22)19-18(23)13(2)24-3/h6-9,12-13,22H,4-5,10-11H2,1-3H3,(H,19,23). The Bertz CT molecular complexity index is 665. The van der Waals surface area contributed by atoms with Crippen LogP contribution < -0.4 is 5.32 Å². The van der Waals surface area contributed by atoms with Crippen LogP contribution in [0.4, 0.5) is 5.82 Å². The van der Waals surface area contributed by atoms with Crippen LogP contribution in [0.5, 0.6) is 0 Å². The van der Waals surface area contributed by atoms with Crippen LogP contribution in [0.3, 0.4) is 0 Å². The molecule has 1 heterocycles. The fourth-order valence-electron chi connectivity index (χ4n) is 2.39. The van der Waals surface area contributed by atoms with E-state index in [1.165, 1.54) is 12.7 Å². The molecule has 1 aromatic carbocycles. The molecule has 0 saturated carbocycles. The number of benzene rings is 1. The first kappa shape index (κ1) is 18.2. The molecule has 1 atom stereocenters. The maximum atomic E-state index is 12.0. The van der Waals surface area contributed by atoms with Crippen molar-refractivity contribution in [2.75, 3.05) is 19.0 Å². The van der Waals surface area contributed by atoms with Crippen LogP contribution in [0, 0.1) is 0 Å². The maximum absolute atomic E-state index is 12.0. The van der Waals surface area contributed by atoms with Gasteiger partial charge in [-0.2, -0.15) is 5.10 Å². The molecule has 2 rings (SSSR count). The Hall–Kier alpha value is -2.18. The van der Waals surface area contributed by atoms with Crippen LogP contribution in [-0.4, -0.2) is 40.6 Å². The number of hydrogen-bond donors (Lipinski definition) is 2. The smallest absolute Gasteiger partial charge is 0.254 e. The summed E-state index contributed by atoms with van der Waals surface area (Å²) in [4.78, 5) is 12.0. The van der Waals surface area contributed by atoms with Gasteiger partial charge in [0.15, 0.2) is 0 Å². The molecular weight excluding hydrogens is 306 g/mol. The van der Waals surface area contributed by atoms with Gasteiger partial charge in [0.1, 0.15) is 11.9 Å². The second-order valence-corrected chi connectivity index (χ2v) is 5.68. The molecule has 2 N–H and O–H groups in total. The van der Waals surface area contributed by atoms with Crippen LogP contribution in [0.2, 0.25) is 0 Å². The van der Waals surface area contributed by atoms with Crippen molar-refractivity contribution in [2.24, 2.45) is 0 Å². The fourth-order valence-corrected chi connectivity index (χ4v) is 2.39. The monoisotopic (exact) mass is 331 g/mol. The molecule has 1 aromatic heterocycles. The quantitative estimate of drug-likeness (QED) is 0.779. The molecule has 0 aliphatic rings. The molecule has 0 spiro atoms. The van der Waals surface area contributed by atoms with Gasteiger partial charge in [0.25, 0.3) is 5.91 Å². The third kappa shape index (κ3) is 4.43. The number of anilines is 1. The molecule has 1 unspecified atom stereocenters. The summed E-state index contributed by atoms with van der Waals surface area (Å²) in [6.45, 7) is 4.08. The Labute approximate surface area is 142 Å². The third-order valence-electron chi connectivity index (χ3n) is 3.85. The van der Waals surface area contributed by atoms with Gasteiger partial charge < -0.3 is 15.2 Å². The van der Waals surface area contributed by atoms with E-state index in [0.29, 0.717) is 12.4 Å². The van der Waals surface area contributed by atoms with Gasteiger partial charge in [0, 0.05) is 18.7 Å². The van der Waals surface area contributed by atoms with E-state index >= 15 is 0 Å². The molecule has 0 aliphatic carbocycles. The minimum atomic E-state index is -0.556. The predicted octanol–water partition coefficient (Wildman–Crippen LogP) is 2.47. The number of aliphatic hydroxyl groups is 1. The number of ether oxygens (including phenoxy) is 1. The van der Waals surface area contributed by atoms with E-state index in [1.807, 2.05) is 18.2 Å². The molecule has 0 saturated heterocycles. The van der Waals surface area contributed by atoms with Gasteiger partial charge in [-0.15, -0.1) is 0 Å². The first-order chi connectivity index (χ1) is 11.6. The Kier molecular flexibility index (Phi) is 6.52. The lowest BCUT2D eigenvalue weighted by atomic mass is 10.1. The lowest BCUT2D eigenvalue weighted by molar-refractivity contribution is -0.124. The highest BCUT2D eigenvalue weighted by Gasteiger charge is 2.16. The number of aryl methyl sites for hydroxylation is 1. The highest BCUT2D eigenvalue weighted by atomic mass is 16.5. The summed E-state index contributed by atoms with van der Waals surface area (Å²) in [5.74, 6) is 0.298. The first-order valence-corrected chi connectivity index (χ1v) is 8.20. The number of aromatic nitrogens is 2.